The fourth-order valence-corrected chi connectivity index (χ4v) is 3.46. The number of thiocarbonyl (C=S) groups is 1. The minimum Gasteiger partial charge on any atom is -0.494 e. The van der Waals surface area contributed by atoms with Crippen molar-refractivity contribution < 1.29 is 9.53 Å². The van der Waals surface area contributed by atoms with E-state index in [1.807, 2.05) is 30.3 Å². The fourth-order valence-electron chi connectivity index (χ4n) is 2.16. The second kappa shape index (κ2) is 9.08. The highest BCUT2D eigenvalue weighted by atomic mass is 32.2. The summed E-state index contributed by atoms with van der Waals surface area (Å²) in [5.41, 5.74) is 0.990. The highest BCUT2D eigenvalue weighted by molar-refractivity contribution is 8.26. The molecule has 2 rings (SSSR count). The second-order valence-corrected chi connectivity index (χ2v) is 7.13. The molecule has 23 heavy (non-hydrogen) atoms. The Bertz CT molecular complexity index is 581. The number of rotatable bonds is 8. The highest BCUT2D eigenvalue weighted by Crippen LogP contribution is 2.32. The van der Waals surface area contributed by atoms with Crippen LogP contribution >= 0.6 is 24.0 Å². The van der Waals surface area contributed by atoms with Crippen LogP contribution in [0.15, 0.2) is 29.2 Å². The standard InChI is InChI=1S/C18H23NO2S2/c1-3-5-11-19-17(20)16(23-18(19)22)13-14-7-9-15(10-8-14)21-12-6-4-2/h7-10,13H,3-6,11-12H2,1-2H3. The highest BCUT2D eigenvalue weighted by Gasteiger charge is 2.31. The molecule has 0 bridgehead atoms. The molecule has 1 saturated heterocycles. The number of carbonyl (C=O) groups excluding carboxylic acids is 1. The zero-order chi connectivity index (χ0) is 16.7. The van der Waals surface area contributed by atoms with E-state index in [0.29, 0.717) is 15.8 Å². The summed E-state index contributed by atoms with van der Waals surface area (Å²) < 4.78 is 6.31. The molecule has 124 valence electrons. The summed E-state index contributed by atoms with van der Waals surface area (Å²) in [6.45, 7) is 5.70. The number of benzene rings is 1. The van der Waals surface area contributed by atoms with Gasteiger partial charge in [0, 0.05) is 6.54 Å². The molecule has 1 aromatic carbocycles. The van der Waals surface area contributed by atoms with Gasteiger partial charge in [-0.05, 0) is 36.6 Å². The predicted octanol–water partition coefficient (Wildman–Crippen LogP) is 4.87. The lowest BCUT2D eigenvalue weighted by atomic mass is 10.2. The average Bonchev–Trinajstić information content (AvgIpc) is 2.81. The maximum atomic E-state index is 12.4. The quantitative estimate of drug-likeness (QED) is 0.380. The molecular formula is C18H23NO2S2. The Morgan fingerprint density at radius 2 is 1.87 bits per heavy atom. The van der Waals surface area contributed by atoms with Crippen LogP contribution in [-0.4, -0.2) is 28.3 Å². The van der Waals surface area contributed by atoms with Crippen LogP contribution in [-0.2, 0) is 4.79 Å². The van der Waals surface area contributed by atoms with Crippen molar-refractivity contribution in [3.05, 3.63) is 34.7 Å². The molecule has 3 nitrogen and oxygen atoms in total. The van der Waals surface area contributed by atoms with E-state index in [2.05, 4.69) is 13.8 Å². The Labute approximate surface area is 148 Å². The predicted molar refractivity (Wildman–Crippen MR) is 102 cm³/mol. The lowest BCUT2D eigenvalue weighted by Gasteiger charge is -2.13. The van der Waals surface area contributed by atoms with Gasteiger partial charge in [-0.3, -0.25) is 9.69 Å². The van der Waals surface area contributed by atoms with Gasteiger partial charge in [0.1, 0.15) is 10.1 Å². The Hall–Kier alpha value is -1.33. The summed E-state index contributed by atoms with van der Waals surface area (Å²) in [5, 5.41) is 0. The van der Waals surface area contributed by atoms with Crippen LogP contribution in [0, 0.1) is 0 Å². The largest absolute Gasteiger partial charge is 0.494 e. The lowest BCUT2D eigenvalue weighted by molar-refractivity contribution is -0.122. The topological polar surface area (TPSA) is 29.5 Å². The summed E-state index contributed by atoms with van der Waals surface area (Å²) in [6, 6.07) is 7.83. The summed E-state index contributed by atoms with van der Waals surface area (Å²) in [5.74, 6) is 0.891. The van der Waals surface area contributed by atoms with Crippen molar-refractivity contribution in [2.45, 2.75) is 39.5 Å². The first kappa shape index (κ1) is 18.0. The minimum atomic E-state index is 0.0247. The number of hydrogen-bond acceptors (Lipinski definition) is 4. The molecule has 0 spiro atoms. The Kier molecular flexibility index (Phi) is 7.12. The SMILES string of the molecule is CCCCOc1ccc(C=C2SC(=S)N(CCCC)C2=O)cc1. The third-order valence-electron chi connectivity index (χ3n) is 3.55. The molecule has 0 radical (unpaired) electrons. The summed E-state index contributed by atoms with van der Waals surface area (Å²) in [7, 11) is 0. The van der Waals surface area contributed by atoms with Crippen LogP contribution in [0.3, 0.4) is 0 Å². The average molecular weight is 350 g/mol. The van der Waals surface area contributed by atoms with Crippen molar-refractivity contribution in [1.29, 1.82) is 0 Å². The molecule has 1 aliphatic rings. The molecule has 1 aliphatic heterocycles. The van der Waals surface area contributed by atoms with Crippen LogP contribution in [0.4, 0.5) is 0 Å². The number of ether oxygens (including phenoxy) is 1. The van der Waals surface area contributed by atoms with Crippen molar-refractivity contribution in [3.8, 4) is 5.75 Å². The van der Waals surface area contributed by atoms with E-state index < -0.39 is 0 Å². The van der Waals surface area contributed by atoms with Gasteiger partial charge >= 0.3 is 0 Å². The first-order chi connectivity index (χ1) is 11.2. The Balaban J connectivity index is 2.01. The van der Waals surface area contributed by atoms with Gasteiger partial charge in [0.25, 0.3) is 5.91 Å². The first-order valence-corrected chi connectivity index (χ1v) is 9.36. The maximum Gasteiger partial charge on any atom is 0.266 e. The summed E-state index contributed by atoms with van der Waals surface area (Å²) in [4.78, 5) is 14.8. The van der Waals surface area contributed by atoms with E-state index in [1.165, 1.54) is 11.8 Å². The maximum absolute atomic E-state index is 12.4. The van der Waals surface area contributed by atoms with Gasteiger partial charge in [0.2, 0.25) is 0 Å². The number of hydrogen-bond donors (Lipinski definition) is 0. The van der Waals surface area contributed by atoms with Gasteiger partial charge in [-0.15, -0.1) is 0 Å². The van der Waals surface area contributed by atoms with Crippen molar-refractivity contribution in [3.63, 3.8) is 0 Å². The molecule has 5 heteroatoms. The third kappa shape index (κ3) is 5.08. The van der Waals surface area contributed by atoms with Gasteiger partial charge < -0.3 is 4.74 Å². The third-order valence-corrected chi connectivity index (χ3v) is 4.93. The number of amides is 1. The molecule has 0 saturated carbocycles. The van der Waals surface area contributed by atoms with Gasteiger partial charge in [0.05, 0.1) is 11.5 Å². The van der Waals surface area contributed by atoms with E-state index in [-0.39, 0.29) is 5.91 Å². The molecule has 0 N–H and O–H groups in total. The molecule has 1 heterocycles. The van der Waals surface area contributed by atoms with Gasteiger partial charge in [0.15, 0.2) is 0 Å². The molecular weight excluding hydrogens is 326 g/mol. The van der Waals surface area contributed by atoms with Gasteiger partial charge in [-0.25, -0.2) is 0 Å². The minimum absolute atomic E-state index is 0.0247. The molecule has 1 fully saturated rings. The molecule has 0 aromatic heterocycles. The molecule has 0 atom stereocenters. The summed E-state index contributed by atoms with van der Waals surface area (Å²) in [6.07, 6.45) is 6.11. The van der Waals surface area contributed by atoms with E-state index in [1.54, 1.807) is 4.90 Å². The van der Waals surface area contributed by atoms with E-state index in [0.717, 1.165) is 43.6 Å². The Morgan fingerprint density at radius 1 is 1.17 bits per heavy atom. The fraction of sp³-hybridized carbons (Fsp3) is 0.444. The monoisotopic (exact) mass is 349 g/mol. The van der Waals surface area contributed by atoms with Crippen molar-refractivity contribution in [2.24, 2.45) is 0 Å². The van der Waals surface area contributed by atoms with Gasteiger partial charge in [-0.2, -0.15) is 0 Å². The van der Waals surface area contributed by atoms with Crippen LogP contribution in [0.5, 0.6) is 5.75 Å². The van der Waals surface area contributed by atoms with Crippen LogP contribution < -0.4 is 4.74 Å². The van der Waals surface area contributed by atoms with Crippen LogP contribution in [0.1, 0.15) is 45.1 Å². The normalized spacial score (nSPS) is 16.4. The number of carbonyl (C=O) groups is 1. The zero-order valence-corrected chi connectivity index (χ0v) is 15.3. The smallest absolute Gasteiger partial charge is 0.266 e. The number of unbranched alkanes of at least 4 members (excludes halogenated alkanes) is 2. The lowest BCUT2D eigenvalue weighted by Crippen LogP contribution is -2.28. The van der Waals surface area contributed by atoms with E-state index in [9.17, 15) is 4.79 Å². The first-order valence-electron chi connectivity index (χ1n) is 8.14. The second-order valence-electron chi connectivity index (χ2n) is 5.46. The van der Waals surface area contributed by atoms with Crippen molar-refractivity contribution >= 4 is 40.3 Å². The molecule has 0 aliphatic carbocycles. The van der Waals surface area contributed by atoms with Crippen molar-refractivity contribution in [2.75, 3.05) is 13.2 Å². The van der Waals surface area contributed by atoms with E-state index in [4.69, 9.17) is 17.0 Å². The Morgan fingerprint density at radius 3 is 2.52 bits per heavy atom. The number of nitrogens with zero attached hydrogens (tertiary/aromatic N) is 1. The van der Waals surface area contributed by atoms with Crippen LogP contribution in [0.2, 0.25) is 0 Å². The van der Waals surface area contributed by atoms with E-state index >= 15 is 0 Å². The summed E-state index contributed by atoms with van der Waals surface area (Å²) >= 11 is 6.70. The molecule has 0 unspecified atom stereocenters. The van der Waals surface area contributed by atoms with Gasteiger partial charge in [-0.1, -0.05) is 62.8 Å². The molecule has 1 aromatic rings. The van der Waals surface area contributed by atoms with Crippen molar-refractivity contribution in [1.82, 2.24) is 4.90 Å². The van der Waals surface area contributed by atoms with Crippen LogP contribution in [0.25, 0.3) is 6.08 Å². The molecule has 1 amide bonds. The number of thioether (sulfide) groups is 1. The zero-order valence-electron chi connectivity index (χ0n) is 13.7.